The first-order valence-electron chi connectivity index (χ1n) is 7.95. The first-order chi connectivity index (χ1) is 11.1. The number of aromatic nitrogens is 3. The molecule has 0 N–H and O–H groups in total. The zero-order valence-electron chi connectivity index (χ0n) is 13.4. The fourth-order valence-corrected chi connectivity index (χ4v) is 4.45. The van der Waals surface area contributed by atoms with Gasteiger partial charge in [0.05, 0.1) is 11.7 Å². The maximum absolute atomic E-state index is 12.3. The molecule has 0 unspecified atom stereocenters. The second-order valence-electron chi connectivity index (χ2n) is 6.25. The van der Waals surface area contributed by atoms with Gasteiger partial charge in [0, 0.05) is 42.6 Å². The maximum atomic E-state index is 12.3. The largest absolute Gasteiger partial charge is 0.353 e. The van der Waals surface area contributed by atoms with Crippen molar-refractivity contribution in [2.75, 3.05) is 6.54 Å². The van der Waals surface area contributed by atoms with E-state index >= 15 is 0 Å². The molecular formula is C17H20N4OS. The van der Waals surface area contributed by atoms with Crippen molar-refractivity contribution in [2.24, 2.45) is 7.05 Å². The zero-order valence-corrected chi connectivity index (χ0v) is 14.2. The molecule has 1 aliphatic rings. The molecule has 6 heteroatoms. The van der Waals surface area contributed by atoms with E-state index in [4.69, 9.17) is 4.98 Å². The van der Waals surface area contributed by atoms with E-state index in [1.165, 1.54) is 23.5 Å². The molecule has 4 rings (SSSR count). The molecule has 120 valence electrons. The number of aryl methyl sites for hydroxylation is 2. The highest BCUT2D eigenvalue weighted by molar-refractivity contribution is 7.15. The minimum atomic E-state index is 0.0263. The SMILES string of the molecule is Cc1csc2nc(CN3CCC[C@H]3c3cccn3C)cc(=O)n12. The number of hydrogen-bond acceptors (Lipinski definition) is 4. The van der Waals surface area contributed by atoms with Crippen molar-refractivity contribution in [3.05, 3.63) is 57.2 Å². The predicted molar refractivity (Wildman–Crippen MR) is 91.9 cm³/mol. The Hall–Kier alpha value is -1.92. The van der Waals surface area contributed by atoms with Gasteiger partial charge in [-0.3, -0.25) is 14.1 Å². The third-order valence-electron chi connectivity index (χ3n) is 4.68. The number of rotatable bonds is 3. The molecule has 3 aromatic rings. The van der Waals surface area contributed by atoms with Gasteiger partial charge in [-0.1, -0.05) is 0 Å². The van der Waals surface area contributed by atoms with E-state index in [9.17, 15) is 4.79 Å². The summed E-state index contributed by atoms with van der Waals surface area (Å²) in [7, 11) is 2.09. The summed E-state index contributed by atoms with van der Waals surface area (Å²) in [4.78, 5) is 20.2. The monoisotopic (exact) mass is 328 g/mol. The summed E-state index contributed by atoms with van der Waals surface area (Å²) in [6.07, 6.45) is 4.45. The number of hydrogen-bond donors (Lipinski definition) is 0. The smallest absolute Gasteiger partial charge is 0.259 e. The Labute approximate surface area is 138 Å². The minimum Gasteiger partial charge on any atom is -0.353 e. The topological polar surface area (TPSA) is 42.5 Å². The minimum absolute atomic E-state index is 0.0263. The van der Waals surface area contributed by atoms with Crippen molar-refractivity contribution in [1.29, 1.82) is 0 Å². The molecule has 1 saturated heterocycles. The Morgan fingerprint density at radius 2 is 2.30 bits per heavy atom. The van der Waals surface area contributed by atoms with Crippen LogP contribution in [0.2, 0.25) is 0 Å². The summed E-state index contributed by atoms with van der Waals surface area (Å²) in [5.74, 6) is 0. The summed E-state index contributed by atoms with van der Waals surface area (Å²) >= 11 is 1.53. The fraction of sp³-hybridized carbons (Fsp3) is 0.412. The van der Waals surface area contributed by atoms with E-state index in [-0.39, 0.29) is 5.56 Å². The van der Waals surface area contributed by atoms with Crippen LogP contribution in [0.25, 0.3) is 4.96 Å². The van der Waals surface area contributed by atoms with Crippen LogP contribution in [-0.4, -0.2) is 25.4 Å². The van der Waals surface area contributed by atoms with Crippen LogP contribution in [0.3, 0.4) is 0 Å². The molecule has 5 nitrogen and oxygen atoms in total. The lowest BCUT2D eigenvalue weighted by Crippen LogP contribution is -2.26. The van der Waals surface area contributed by atoms with E-state index < -0.39 is 0 Å². The van der Waals surface area contributed by atoms with Gasteiger partial charge in [0.1, 0.15) is 0 Å². The van der Waals surface area contributed by atoms with E-state index in [0.29, 0.717) is 6.04 Å². The van der Waals surface area contributed by atoms with Gasteiger partial charge in [-0.05, 0) is 38.4 Å². The summed E-state index contributed by atoms with van der Waals surface area (Å²) in [6, 6.07) is 6.39. The van der Waals surface area contributed by atoms with Crippen molar-refractivity contribution in [3.8, 4) is 0 Å². The number of nitrogens with zero attached hydrogens (tertiary/aromatic N) is 4. The van der Waals surface area contributed by atoms with Crippen molar-refractivity contribution in [1.82, 2.24) is 18.9 Å². The van der Waals surface area contributed by atoms with Crippen LogP contribution in [0, 0.1) is 6.92 Å². The van der Waals surface area contributed by atoms with Gasteiger partial charge in [0.15, 0.2) is 4.96 Å². The van der Waals surface area contributed by atoms with Gasteiger partial charge in [-0.15, -0.1) is 11.3 Å². The van der Waals surface area contributed by atoms with Gasteiger partial charge < -0.3 is 4.57 Å². The number of fused-ring (bicyclic) bond motifs is 1. The van der Waals surface area contributed by atoms with Crippen molar-refractivity contribution in [3.63, 3.8) is 0 Å². The van der Waals surface area contributed by atoms with Crippen molar-refractivity contribution >= 4 is 16.3 Å². The summed E-state index contributed by atoms with van der Waals surface area (Å²) in [5, 5.41) is 1.98. The Kier molecular flexibility index (Phi) is 3.58. The molecule has 0 aliphatic carbocycles. The van der Waals surface area contributed by atoms with E-state index in [1.54, 1.807) is 10.5 Å². The Morgan fingerprint density at radius 3 is 3.09 bits per heavy atom. The third-order valence-corrected chi connectivity index (χ3v) is 5.63. The zero-order chi connectivity index (χ0) is 16.0. The number of likely N-dealkylation sites (tertiary alicyclic amines) is 1. The number of thiazole rings is 1. The summed E-state index contributed by atoms with van der Waals surface area (Å²) < 4.78 is 3.88. The molecule has 0 saturated carbocycles. The van der Waals surface area contributed by atoms with E-state index in [2.05, 4.69) is 34.8 Å². The molecule has 23 heavy (non-hydrogen) atoms. The van der Waals surface area contributed by atoms with Gasteiger partial charge in [-0.2, -0.15) is 0 Å². The van der Waals surface area contributed by atoms with Gasteiger partial charge >= 0.3 is 0 Å². The van der Waals surface area contributed by atoms with Crippen molar-refractivity contribution < 1.29 is 0 Å². The molecule has 0 bridgehead atoms. The average Bonchev–Trinajstić information content (AvgIpc) is 3.20. The van der Waals surface area contributed by atoms with Crippen LogP contribution in [0.1, 0.15) is 36.0 Å². The normalized spacial score (nSPS) is 19.0. The molecule has 3 aromatic heterocycles. The lowest BCUT2D eigenvalue weighted by Gasteiger charge is -2.24. The standard InChI is InChI=1S/C17H20N4OS/c1-12-11-23-17-18-13(9-16(22)21(12)17)10-20-8-4-6-15(20)14-5-3-7-19(14)2/h3,5,7,9,11,15H,4,6,8,10H2,1-2H3/t15-/m0/s1. The molecule has 4 heterocycles. The average molecular weight is 328 g/mol. The van der Waals surface area contributed by atoms with Gasteiger partial charge in [0.25, 0.3) is 5.56 Å². The second-order valence-corrected chi connectivity index (χ2v) is 7.09. The summed E-state index contributed by atoms with van der Waals surface area (Å²) in [6.45, 7) is 3.73. The van der Waals surface area contributed by atoms with Crippen LogP contribution in [0.5, 0.6) is 0 Å². The van der Waals surface area contributed by atoms with Crippen LogP contribution >= 0.6 is 11.3 Å². The second kappa shape index (κ2) is 5.62. The molecular weight excluding hydrogens is 308 g/mol. The molecule has 0 aromatic carbocycles. The fourth-order valence-electron chi connectivity index (χ4n) is 3.56. The van der Waals surface area contributed by atoms with Crippen molar-refractivity contribution in [2.45, 2.75) is 32.4 Å². The molecule has 1 fully saturated rings. The highest BCUT2D eigenvalue weighted by Gasteiger charge is 2.28. The molecule has 0 amide bonds. The Morgan fingerprint density at radius 1 is 1.43 bits per heavy atom. The van der Waals surface area contributed by atoms with Gasteiger partial charge in [-0.25, -0.2) is 4.98 Å². The summed E-state index contributed by atoms with van der Waals surface area (Å²) in [5.41, 5.74) is 3.19. The highest BCUT2D eigenvalue weighted by Crippen LogP contribution is 2.32. The lowest BCUT2D eigenvalue weighted by molar-refractivity contribution is 0.238. The third kappa shape index (κ3) is 2.52. The Bertz CT molecular complexity index is 907. The molecule has 1 aliphatic heterocycles. The molecule has 0 radical (unpaired) electrons. The predicted octanol–water partition coefficient (Wildman–Crippen LogP) is 2.74. The maximum Gasteiger partial charge on any atom is 0.259 e. The van der Waals surface area contributed by atoms with Crippen LogP contribution in [0.15, 0.2) is 34.6 Å². The van der Waals surface area contributed by atoms with E-state index in [0.717, 1.165) is 35.9 Å². The molecule has 0 spiro atoms. The first-order valence-corrected chi connectivity index (χ1v) is 8.83. The Balaban J connectivity index is 1.65. The molecule has 1 atom stereocenters. The quantitative estimate of drug-likeness (QED) is 0.742. The van der Waals surface area contributed by atoms with Crippen LogP contribution in [-0.2, 0) is 13.6 Å². The van der Waals surface area contributed by atoms with E-state index in [1.807, 2.05) is 12.3 Å². The van der Waals surface area contributed by atoms with Crippen LogP contribution in [0.4, 0.5) is 0 Å². The van der Waals surface area contributed by atoms with Crippen LogP contribution < -0.4 is 5.56 Å². The first kappa shape index (κ1) is 14.7. The lowest BCUT2D eigenvalue weighted by atomic mass is 10.1. The van der Waals surface area contributed by atoms with Gasteiger partial charge in [0.2, 0.25) is 0 Å². The highest BCUT2D eigenvalue weighted by atomic mass is 32.1.